The van der Waals surface area contributed by atoms with E-state index in [-0.39, 0.29) is 13.2 Å². The molecular formula is C16H14Cl2F3N3O3. The van der Waals surface area contributed by atoms with Crippen molar-refractivity contribution < 1.29 is 22.7 Å². The highest BCUT2D eigenvalue weighted by atomic mass is 35.5. The van der Waals surface area contributed by atoms with Crippen molar-refractivity contribution in [2.45, 2.75) is 12.6 Å². The number of halogens is 5. The number of urea groups is 1. The van der Waals surface area contributed by atoms with E-state index in [1.54, 1.807) is 12.1 Å². The van der Waals surface area contributed by atoms with Gasteiger partial charge in [0.05, 0.1) is 17.2 Å². The Morgan fingerprint density at radius 1 is 1.22 bits per heavy atom. The second-order valence-corrected chi connectivity index (χ2v) is 6.13. The molecule has 1 heterocycles. The molecule has 3 N–H and O–H groups in total. The molecule has 11 heteroatoms. The predicted octanol–water partition coefficient (Wildman–Crippen LogP) is 4.29. The van der Waals surface area contributed by atoms with Crippen molar-refractivity contribution in [2.24, 2.45) is 0 Å². The maximum atomic E-state index is 12.6. The van der Waals surface area contributed by atoms with Crippen LogP contribution in [0.15, 0.2) is 35.3 Å². The molecule has 0 aliphatic heterocycles. The molecule has 0 saturated heterocycles. The summed E-state index contributed by atoms with van der Waals surface area (Å²) in [5.74, 6) is 0.431. The third kappa shape index (κ3) is 6.37. The summed E-state index contributed by atoms with van der Waals surface area (Å²) >= 11 is 11.7. The van der Waals surface area contributed by atoms with E-state index >= 15 is 0 Å². The molecule has 0 aliphatic carbocycles. The van der Waals surface area contributed by atoms with Crippen LogP contribution < -0.4 is 20.9 Å². The van der Waals surface area contributed by atoms with E-state index in [9.17, 15) is 22.8 Å². The lowest BCUT2D eigenvalue weighted by atomic mass is 10.2. The third-order valence-corrected chi connectivity index (χ3v) is 3.77. The van der Waals surface area contributed by atoms with Crippen molar-refractivity contribution in [3.8, 4) is 5.75 Å². The smallest absolute Gasteiger partial charge is 0.417 e. The topological polar surface area (TPSA) is 83.2 Å². The molecule has 2 aromatic rings. The van der Waals surface area contributed by atoms with Gasteiger partial charge >= 0.3 is 12.2 Å². The summed E-state index contributed by atoms with van der Waals surface area (Å²) in [4.78, 5) is 25.2. The molecule has 0 unspecified atom stereocenters. The first-order valence-electron chi connectivity index (χ1n) is 7.59. The summed E-state index contributed by atoms with van der Waals surface area (Å²) in [6, 6.07) is 4.48. The second kappa shape index (κ2) is 9.01. The number of nitrogens with one attached hydrogen (secondary N) is 3. The fourth-order valence-corrected chi connectivity index (χ4v) is 2.42. The van der Waals surface area contributed by atoms with Crippen LogP contribution in [-0.4, -0.2) is 24.2 Å². The van der Waals surface area contributed by atoms with Gasteiger partial charge in [-0.15, -0.1) is 0 Å². The molecule has 0 fully saturated rings. The van der Waals surface area contributed by atoms with Gasteiger partial charge in [-0.25, -0.2) is 4.79 Å². The number of H-pyrrole nitrogens is 1. The van der Waals surface area contributed by atoms with Crippen molar-refractivity contribution in [3.05, 3.63) is 56.4 Å². The standard InChI is InChI=1S/C16H14Cl2F3N3O3/c17-10-2-3-13(11(18)7-10)27-5-1-4-22-15(26)24-12-6-9(16(19,20)21)8-23-14(12)25/h2-3,6-8H,1,4-5H2,(H,23,25)(H2,22,24,26). The van der Waals surface area contributed by atoms with E-state index in [1.165, 1.54) is 6.07 Å². The van der Waals surface area contributed by atoms with E-state index in [0.29, 0.717) is 34.5 Å². The average molecular weight is 424 g/mol. The van der Waals surface area contributed by atoms with E-state index < -0.39 is 29.0 Å². The number of carbonyl (C=O) groups excluding carboxylic acids is 1. The number of pyridine rings is 1. The Hall–Kier alpha value is -2.39. The monoisotopic (exact) mass is 423 g/mol. The summed E-state index contributed by atoms with van der Waals surface area (Å²) in [6.45, 7) is 0.389. The predicted molar refractivity (Wildman–Crippen MR) is 95.7 cm³/mol. The first kappa shape index (κ1) is 20.9. The number of aromatic amines is 1. The highest BCUT2D eigenvalue weighted by Crippen LogP contribution is 2.29. The second-order valence-electron chi connectivity index (χ2n) is 5.29. The number of anilines is 1. The maximum Gasteiger partial charge on any atom is 0.417 e. The molecule has 0 saturated carbocycles. The quantitative estimate of drug-likeness (QED) is 0.605. The number of carbonyl (C=O) groups is 1. The van der Waals surface area contributed by atoms with Gasteiger partial charge in [0.1, 0.15) is 11.4 Å². The van der Waals surface area contributed by atoms with Gasteiger partial charge < -0.3 is 20.4 Å². The molecule has 0 spiro atoms. The lowest BCUT2D eigenvalue weighted by Gasteiger charge is -2.11. The number of amides is 2. The van der Waals surface area contributed by atoms with Gasteiger partial charge in [0, 0.05) is 17.8 Å². The minimum Gasteiger partial charge on any atom is -0.492 e. The Labute approximate surface area is 161 Å². The fraction of sp³-hybridized carbons (Fsp3) is 0.250. The van der Waals surface area contributed by atoms with Crippen LogP contribution in [0.4, 0.5) is 23.7 Å². The van der Waals surface area contributed by atoms with Crippen LogP contribution in [0.5, 0.6) is 5.75 Å². The Morgan fingerprint density at radius 2 is 1.96 bits per heavy atom. The van der Waals surface area contributed by atoms with Crippen LogP contribution in [0, 0.1) is 0 Å². The van der Waals surface area contributed by atoms with E-state index in [2.05, 4.69) is 10.6 Å². The maximum absolute atomic E-state index is 12.6. The third-order valence-electron chi connectivity index (χ3n) is 3.24. The van der Waals surface area contributed by atoms with Crippen LogP contribution in [0.2, 0.25) is 10.0 Å². The van der Waals surface area contributed by atoms with E-state index in [1.807, 2.05) is 4.98 Å². The Morgan fingerprint density at radius 3 is 2.63 bits per heavy atom. The molecule has 1 aromatic heterocycles. The summed E-state index contributed by atoms with van der Waals surface area (Å²) in [5.41, 5.74) is -2.43. The van der Waals surface area contributed by atoms with Crippen molar-refractivity contribution in [1.82, 2.24) is 10.3 Å². The summed E-state index contributed by atoms with van der Waals surface area (Å²) in [5, 5.41) is 5.30. The Balaban J connectivity index is 1.79. The Kier molecular flexibility index (Phi) is 6.98. The van der Waals surface area contributed by atoms with E-state index in [4.69, 9.17) is 27.9 Å². The highest BCUT2D eigenvalue weighted by Gasteiger charge is 2.31. The number of ether oxygens (including phenoxy) is 1. The zero-order valence-electron chi connectivity index (χ0n) is 13.6. The number of hydrogen-bond acceptors (Lipinski definition) is 3. The average Bonchev–Trinajstić information content (AvgIpc) is 2.57. The molecule has 0 aliphatic rings. The number of aromatic nitrogens is 1. The van der Waals surface area contributed by atoms with Gasteiger partial charge in [-0.05, 0) is 30.7 Å². The lowest BCUT2D eigenvalue weighted by molar-refractivity contribution is -0.137. The largest absolute Gasteiger partial charge is 0.492 e. The summed E-state index contributed by atoms with van der Waals surface area (Å²) < 4.78 is 43.3. The number of alkyl halides is 3. The van der Waals surface area contributed by atoms with E-state index in [0.717, 1.165) is 0 Å². The first-order valence-corrected chi connectivity index (χ1v) is 8.35. The molecule has 0 atom stereocenters. The van der Waals surface area contributed by atoms with Crippen LogP contribution in [0.25, 0.3) is 0 Å². The molecule has 2 rings (SSSR count). The number of rotatable bonds is 6. The van der Waals surface area contributed by atoms with Gasteiger partial charge in [-0.1, -0.05) is 23.2 Å². The Bertz CT molecular complexity index is 872. The zero-order chi connectivity index (χ0) is 20.0. The van der Waals surface area contributed by atoms with Crippen LogP contribution in [-0.2, 0) is 6.18 Å². The molecular weight excluding hydrogens is 410 g/mol. The molecule has 0 radical (unpaired) electrons. The molecule has 0 bridgehead atoms. The van der Waals surface area contributed by atoms with Crippen molar-refractivity contribution in [2.75, 3.05) is 18.5 Å². The van der Waals surface area contributed by atoms with Gasteiger partial charge in [-0.2, -0.15) is 13.2 Å². The normalized spacial score (nSPS) is 11.1. The summed E-state index contributed by atoms with van der Waals surface area (Å²) in [7, 11) is 0. The van der Waals surface area contributed by atoms with Gasteiger partial charge in [0.25, 0.3) is 5.56 Å². The van der Waals surface area contributed by atoms with Crippen molar-refractivity contribution >= 4 is 34.9 Å². The molecule has 1 aromatic carbocycles. The minimum absolute atomic E-state index is 0.161. The zero-order valence-corrected chi connectivity index (χ0v) is 15.1. The molecule has 146 valence electrons. The van der Waals surface area contributed by atoms with Crippen molar-refractivity contribution in [1.29, 1.82) is 0 Å². The highest BCUT2D eigenvalue weighted by molar-refractivity contribution is 6.35. The molecule has 6 nitrogen and oxygen atoms in total. The molecule has 2 amide bonds. The lowest BCUT2D eigenvalue weighted by Crippen LogP contribution is -2.32. The van der Waals surface area contributed by atoms with Crippen LogP contribution in [0.1, 0.15) is 12.0 Å². The van der Waals surface area contributed by atoms with Gasteiger partial charge in [0.2, 0.25) is 0 Å². The van der Waals surface area contributed by atoms with Crippen LogP contribution in [0.3, 0.4) is 0 Å². The molecule has 27 heavy (non-hydrogen) atoms. The SMILES string of the molecule is O=C(NCCCOc1ccc(Cl)cc1Cl)Nc1cc(C(F)(F)F)c[nH]c1=O. The first-order chi connectivity index (χ1) is 12.7. The van der Waals surface area contributed by atoms with Gasteiger partial charge in [-0.3, -0.25) is 4.79 Å². The number of hydrogen-bond donors (Lipinski definition) is 3. The summed E-state index contributed by atoms with van der Waals surface area (Å²) in [6.07, 6.45) is -3.71. The minimum atomic E-state index is -4.64. The number of benzene rings is 1. The van der Waals surface area contributed by atoms with Gasteiger partial charge in [0.15, 0.2) is 0 Å². The van der Waals surface area contributed by atoms with Crippen LogP contribution >= 0.6 is 23.2 Å². The van der Waals surface area contributed by atoms with Crippen molar-refractivity contribution in [3.63, 3.8) is 0 Å². The fourth-order valence-electron chi connectivity index (χ4n) is 1.96.